The summed E-state index contributed by atoms with van der Waals surface area (Å²) < 4.78 is 5.01. The molecule has 1 rings (SSSR count). The Morgan fingerprint density at radius 2 is 2.40 bits per heavy atom. The van der Waals surface area contributed by atoms with E-state index in [4.69, 9.17) is 21.8 Å². The molecule has 1 aromatic rings. The van der Waals surface area contributed by atoms with Gasteiger partial charge in [0, 0.05) is 0 Å². The van der Waals surface area contributed by atoms with Gasteiger partial charge in [0.05, 0.1) is 6.04 Å². The van der Waals surface area contributed by atoms with Gasteiger partial charge in [-0.05, 0) is 23.7 Å². The monoisotopic (exact) mass is 157 g/mol. The van der Waals surface area contributed by atoms with Gasteiger partial charge in [-0.1, -0.05) is 6.08 Å². The lowest BCUT2D eigenvalue weighted by Gasteiger charge is -1.98. The van der Waals surface area contributed by atoms with Crippen LogP contribution < -0.4 is 5.73 Å². The fourth-order valence-electron chi connectivity index (χ4n) is 0.624. The third-order valence-electron chi connectivity index (χ3n) is 1.18. The molecule has 10 heavy (non-hydrogen) atoms. The first-order valence-electron chi connectivity index (χ1n) is 2.87. The van der Waals surface area contributed by atoms with E-state index in [0.717, 1.165) is 0 Å². The molecule has 2 N–H and O–H groups in total. The molecule has 0 radical (unpaired) electrons. The Bertz CT molecular complexity index is 231. The summed E-state index contributed by atoms with van der Waals surface area (Å²) in [6, 6.07) is 3.13. The van der Waals surface area contributed by atoms with Crippen molar-refractivity contribution in [2.75, 3.05) is 0 Å². The van der Waals surface area contributed by atoms with Crippen molar-refractivity contribution in [3.8, 4) is 0 Å². The number of hydrogen-bond donors (Lipinski definition) is 1. The van der Waals surface area contributed by atoms with Gasteiger partial charge in [-0.15, -0.1) is 6.58 Å². The number of nitrogens with two attached hydrogens (primary N) is 1. The number of halogens is 1. The lowest BCUT2D eigenvalue weighted by molar-refractivity contribution is 0.496. The van der Waals surface area contributed by atoms with Crippen molar-refractivity contribution in [2.45, 2.75) is 6.04 Å². The van der Waals surface area contributed by atoms with E-state index in [0.29, 0.717) is 11.0 Å². The van der Waals surface area contributed by atoms with Gasteiger partial charge in [0.2, 0.25) is 0 Å². The third-order valence-corrected chi connectivity index (χ3v) is 1.38. The predicted molar refractivity (Wildman–Crippen MR) is 40.8 cm³/mol. The Morgan fingerprint density at radius 3 is 2.80 bits per heavy atom. The highest BCUT2D eigenvalue weighted by molar-refractivity contribution is 6.28. The molecular formula is C7H8ClNO. The second kappa shape index (κ2) is 2.90. The average molecular weight is 158 g/mol. The summed E-state index contributed by atoms with van der Waals surface area (Å²) in [5.74, 6) is 0.639. The molecule has 0 amide bonds. The van der Waals surface area contributed by atoms with Crippen LogP contribution in [-0.2, 0) is 0 Å². The highest BCUT2D eigenvalue weighted by Gasteiger charge is 2.04. The van der Waals surface area contributed by atoms with Crippen LogP contribution in [0.3, 0.4) is 0 Å². The normalized spacial score (nSPS) is 13.0. The highest BCUT2D eigenvalue weighted by Crippen LogP contribution is 2.18. The van der Waals surface area contributed by atoms with Crippen LogP contribution in [0, 0.1) is 0 Å². The minimum Gasteiger partial charge on any atom is -0.448 e. The Kier molecular flexibility index (Phi) is 2.14. The standard InChI is InChI=1S/C7H8ClNO/c1-2-5(9)6-3-4-7(8)10-6/h2-5H,1,9H2. The van der Waals surface area contributed by atoms with Crippen LogP contribution in [0.4, 0.5) is 0 Å². The number of rotatable bonds is 2. The van der Waals surface area contributed by atoms with Gasteiger partial charge < -0.3 is 10.2 Å². The molecule has 3 heteroatoms. The molecule has 0 aliphatic rings. The fraction of sp³-hybridized carbons (Fsp3) is 0.143. The van der Waals surface area contributed by atoms with Gasteiger partial charge in [-0.3, -0.25) is 0 Å². The van der Waals surface area contributed by atoms with Gasteiger partial charge >= 0.3 is 0 Å². The van der Waals surface area contributed by atoms with E-state index in [1.165, 1.54) is 0 Å². The molecule has 1 unspecified atom stereocenters. The summed E-state index contributed by atoms with van der Waals surface area (Å²) in [4.78, 5) is 0. The SMILES string of the molecule is C=CC(N)c1ccc(Cl)o1. The molecule has 0 aliphatic heterocycles. The van der Waals surface area contributed by atoms with Crippen LogP contribution in [0.1, 0.15) is 11.8 Å². The Morgan fingerprint density at radius 1 is 1.70 bits per heavy atom. The highest BCUT2D eigenvalue weighted by atomic mass is 35.5. The Balaban J connectivity index is 2.84. The van der Waals surface area contributed by atoms with Crippen LogP contribution in [0.15, 0.2) is 29.2 Å². The fourth-order valence-corrected chi connectivity index (χ4v) is 0.776. The zero-order valence-electron chi connectivity index (χ0n) is 5.38. The van der Waals surface area contributed by atoms with Crippen LogP contribution in [0.5, 0.6) is 0 Å². The zero-order chi connectivity index (χ0) is 7.56. The third kappa shape index (κ3) is 1.40. The molecule has 0 spiro atoms. The van der Waals surface area contributed by atoms with Crippen LogP contribution >= 0.6 is 11.6 Å². The van der Waals surface area contributed by atoms with E-state index in [-0.39, 0.29) is 6.04 Å². The molecule has 0 bridgehead atoms. The van der Waals surface area contributed by atoms with Gasteiger partial charge in [-0.25, -0.2) is 0 Å². The molecule has 0 saturated carbocycles. The van der Waals surface area contributed by atoms with Crippen LogP contribution in [0.25, 0.3) is 0 Å². The lowest BCUT2D eigenvalue weighted by atomic mass is 10.2. The molecular weight excluding hydrogens is 150 g/mol. The van der Waals surface area contributed by atoms with E-state index < -0.39 is 0 Å². The molecule has 0 fully saturated rings. The van der Waals surface area contributed by atoms with E-state index in [1.807, 2.05) is 0 Å². The van der Waals surface area contributed by atoms with Crippen molar-refractivity contribution in [3.05, 3.63) is 35.8 Å². The Hall–Kier alpha value is -0.730. The molecule has 0 saturated heterocycles. The van der Waals surface area contributed by atoms with Gasteiger partial charge in [0.25, 0.3) is 0 Å². The average Bonchev–Trinajstić information content (AvgIpc) is 2.34. The van der Waals surface area contributed by atoms with Gasteiger partial charge in [0.15, 0.2) is 5.22 Å². The maximum Gasteiger partial charge on any atom is 0.193 e. The number of furan rings is 1. The van der Waals surface area contributed by atoms with Crippen molar-refractivity contribution in [1.82, 2.24) is 0 Å². The number of hydrogen-bond acceptors (Lipinski definition) is 2. The smallest absolute Gasteiger partial charge is 0.193 e. The van der Waals surface area contributed by atoms with Crippen LogP contribution in [-0.4, -0.2) is 0 Å². The van der Waals surface area contributed by atoms with E-state index in [2.05, 4.69) is 6.58 Å². The topological polar surface area (TPSA) is 39.2 Å². The molecule has 1 aromatic heterocycles. The molecule has 1 atom stereocenters. The van der Waals surface area contributed by atoms with Crippen molar-refractivity contribution < 1.29 is 4.42 Å². The summed E-state index contributed by atoms with van der Waals surface area (Å²) >= 11 is 5.50. The van der Waals surface area contributed by atoms with E-state index >= 15 is 0 Å². The first-order chi connectivity index (χ1) is 4.74. The summed E-state index contributed by atoms with van der Waals surface area (Å²) in [7, 11) is 0. The molecule has 54 valence electrons. The summed E-state index contributed by atoms with van der Waals surface area (Å²) in [5, 5.41) is 0.354. The molecule has 1 heterocycles. The van der Waals surface area contributed by atoms with Crippen LogP contribution in [0.2, 0.25) is 5.22 Å². The first-order valence-corrected chi connectivity index (χ1v) is 3.25. The summed E-state index contributed by atoms with van der Waals surface area (Å²) in [6.07, 6.45) is 1.59. The molecule has 0 aromatic carbocycles. The predicted octanol–water partition coefficient (Wildman–Crippen LogP) is 2.12. The summed E-state index contributed by atoms with van der Waals surface area (Å²) in [6.45, 7) is 3.52. The maximum atomic E-state index is 5.54. The molecule has 0 aliphatic carbocycles. The zero-order valence-corrected chi connectivity index (χ0v) is 6.14. The summed E-state index contributed by atoms with van der Waals surface area (Å²) in [5.41, 5.74) is 5.54. The minimum atomic E-state index is -0.257. The largest absolute Gasteiger partial charge is 0.448 e. The van der Waals surface area contributed by atoms with Gasteiger partial charge in [-0.2, -0.15) is 0 Å². The van der Waals surface area contributed by atoms with Crippen molar-refractivity contribution >= 4 is 11.6 Å². The van der Waals surface area contributed by atoms with Gasteiger partial charge in [0.1, 0.15) is 5.76 Å². The minimum absolute atomic E-state index is 0.257. The second-order valence-electron chi connectivity index (χ2n) is 1.90. The van der Waals surface area contributed by atoms with E-state index in [9.17, 15) is 0 Å². The lowest BCUT2D eigenvalue weighted by Crippen LogP contribution is -2.04. The van der Waals surface area contributed by atoms with E-state index in [1.54, 1.807) is 18.2 Å². The van der Waals surface area contributed by atoms with Crippen molar-refractivity contribution in [3.63, 3.8) is 0 Å². The second-order valence-corrected chi connectivity index (χ2v) is 2.28. The Labute approximate surface area is 64.3 Å². The first kappa shape index (κ1) is 7.38. The van der Waals surface area contributed by atoms with Crippen molar-refractivity contribution in [1.29, 1.82) is 0 Å². The quantitative estimate of drug-likeness (QED) is 0.668. The maximum absolute atomic E-state index is 5.54. The van der Waals surface area contributed by atoms with Crippen molar-refractivity contribution in [2.24, 2.45) is 5.73 Å². The molecule has 2 nitrogen and oxygen atoms in total.